The third kappa shape index (κ3) is 5.37. The number of hydrogen-bond donors (Lipinski definition) is 0. The number of hydrogen-bond acceptors (Lipinski definition) is 1. The highest BCUT2D eigenvalue weighted by molar-refractivity contribution is 8.02. The molecule has 0 aliphatic rings. The molecular formula is C7H9FS. The molecule has 0 bridgehead atoms. The summed E-state index contributed by atoms with van der Waals surface area (Å²) in [7, 11) is 0. The van der Waals surface area contributed by atoms with Gasteiger partial charge in [0.15, 0.2) is 0 Å². The Morgan fingerprint density at radius 1 is 1.44 bits per heavy atom. The van der Waals surface area contributed by atoms with Crippen molar-refractivity contribution in [2.24, 2.45) is 0 Å². The molecule has 0 fully saturated rings. The molecular weight excluding hydrogens is 135 g/mol. The molecule has 0 nitrogen and oxygen atoms in total. The minimum atomic E-state index is -0.440. The number of allylic oxidation sites excluding steroid dienone is 3. The van der Waals surface area contributed by atoms with Crippen LogP contribution in [-0.4, -0.2) is 6.26 Å². The summed E-state index contributed by atoms with van der Waals surface area (Å²) < 4.78 is 11.9. The van der Waals surface area contributed by atoms with Gasteiger partial charge < -0.3 is 0 Å². The average Bonchev–Trinajstić information content (AvgIpc) is 1.83. The van der Waals surface area contributed by atoms with E-state index < -0.39 is 5.83 Å². The first-order valence-electron chi connectivity index (χ1n) is 2.42. The van der Waals surface area contributed by atoms with Crippen LogP contribution in [0.25, 0.3) is 0 Å². The highest BCUT2D eigenvalue weighted by Gasteiger charge is 1.82. The summed E-state index contributed by atoms with van der Waals surface area (Å²) in [4.78, 5) is 0.828. The molecule has 0 radical (unpaired) electrons. The third-order valence-electron chi connectivity index (χ3n) is 0.712. The lowest BCUT2D eigenvalue weighted by Gasteiger charge is -1.87. The van der Waals surface area contributed by atoms with Crippen LogP contribution in [0.5, 0.6) is 0 Å². The first kappa shape index (κ1) is 8.50. The van der Waals surface area contributed by atoms with Crippen LogP contribution in [0.15, 0.2) is 36.0 Å². The van der Waals surface area contributed by atoms with Gasteiger partial charge in [-0.25, -0.2) is 4.39 Å². The Balaban J connectivity index is 3.71. The standard InChI is InChI=1S/C7H9FS/c1-6(8)4-5-7(2)9-3/h4-5H,1-2H2,3H3/b5-4-. The fourth-order valence-corrected chi connectivity index (χ4v) is 0.456. The van der Waals surface area contributed by atoms with Crippen molar-refractivity contribution >= 4 is 11.8 Å². The molecule has 50 valence electrons. The largest absolute Gasteiger partial charge is 0.208 e. The van der Waals surface area contributed by atoms with Gasteiger partial charge in [0.25, 0.3) is 0 Å². The summed E-state index contributed by atoms with van der Waals surface area (Å²) in [5, 5.41) is 0. The molecule has 0 spiro atoms. The Bertz CT molecular complexity index is 147. The van der Waals surface area contributed by atoms with Crippen LogP contribution in [0.2, 0.25) is 0 Å². The zero-order chi connectivity index (χ0) is 7.28. The smallest absolute Gasteiger partial charge is 0.116 e. The van der Waals surface area contributed by atoms with E-state index in [0.717, 1.165) is 4.91 Å². The molecule has 9 heavy (non-hydrogen) atoms. The monoisotopic (exact) mass is 144 g/mol. The van der Waals surface area contributed by atoms with Crippen molar-refractivity contribution in [1.82, 2.24) is 0 Å². The van der Waals surface area contributed by atoms with Gasteiger partial charge in [-0.1, -0.05) is 13.2 Å². The van der Waals surface area contributed by atoms with Crippen LogP contribution in [0.1, 0.15) is 0 Å². The van der Waals surface area contributed by atoms with E-state index in [1.165, 1.54) is 17.8 Å². The van der Waals surface area contributed by atoms with Gasteiger partial charge in [-0.2, -0.15) is 0 Å². The molecule has 0 rings (SSSR count). The Hall–Kier alpha value is -0.500. The molecule has 0 aliphatic heterocycles. The molecule has 0 saturated carbocycles. The Labute approximate surface area is 59.1 Å². The fourth-order valence-electron chi connectivity index (χ4n) is 0.251. The van der Waals surface area contributed by atoms with E-state index in [1.54, 1.807) is 6.08 Å². The zero-order valence-electron chi connectivity index (χ0n) is 5.36. The van der Waals surface area contributed by atoms with E-state index in [4.69, 9.17) is 0 Å². The van der Waals surface area contributed by atoms with Gasteiger partial charge in [-0.15, -0.1) is 11.8 Å². The van der Waals surface area contributed by atoms with Crippen LogP contribution in [0, 0.1) is 0 Å². The first-order valence-corrected chi connectivity index (χ1v) is 3.64. The molecule has 0 unspecified atom stereocenters. The molecule has 0 amide bonds. The van der Waals surface area contributed by atoms with E-state index in [2.05, 4.69) is 13.2 Å². The SMILES string of the molecule is C=C(F)/C=C\C(=C)SC. The number of rotatable bonds is 3. The molecule has 0 N–H and O–H groups in total. The normalized spacial score (nSPS) is 10.0. The molecule has 0 aromatic heterocycles. The van der Waals surface area contributed by atoms with Crippen molar-refractivity contribution in [3.8, 4) is 0 Å². The average molecular weight is 144 g/mol. The fraction of sp³-hybridized carbons (Fsp3) is 0.143. The van der Waals surface area contributed by atoms with Gasteiger partial charge in [0, 0.05) is 0 Å². The maximum Gasteiger partial charge on any atom is 0.116 e. The van der Waals surface area contributed by atoms with Crippen molar-refractivity contribution in [1.29, 1.82) is 0 Å². The van der Waals surface area contributed by atoms with Crippen LogP contribution in [-0.2, 0) is 0 Å². The zero-order valence-corrected chi connectivity index (χ0v) is 6.17. The molecule has 0 aromatic rings. The van der Waals surface area contributed by atoms with E-state index in [-0.39, 0.29) is 0 Å². The van der Waals surface area contributed by atoms with E-state index >= 15 is 0 Å². The maximum atomic E-state index is 11.9. The summed E-state index contributed by atoms with van der Waals surface area (Å²) in [5.41, 5.74) is 0. The topological polar surface area (TPSA) is 0 Å². The summed E-state index contributed by atoms with van der Waals surface area (Å²) in [6.45, 7) is 6.67. The Morgan fingerprint density at radius 3 is 2.33 bits per heavy atom. The Morgan fingerprint density at radius 2 is 2.00 bits per heavy atom. The molecule has 0 aromatic carbocycles. The summed E-state index contributed by atoms with van der Waals surface area (Å²) in [6.07, 6.45) is 4.76. The predicted octanol–water partition coefficient (Wildman–Crippen LogP) is 2.90. The lowest BCUT2D eigenvalue weighted by atomic mass is 10.4. The van der Waals surface area contributed by atoms with E-state index in [0.29, 0.717) is 0 Å². The predicted molar refractivity (Wildman–Crippen MR) is 42.0 cm³/mol. The molecule has 0 saturated heterocycles. The van der Waals surface area contributed by atoms with Crippen molar-refractivity contribution in [2.75, 3.05) is 6.26 Å². The second-order valence-electron chi connectivity index (χ2n) is 1.45. The third-order valence-corrected chi connectivity index (χ3v) is 1.37. The summed E-state index contributed by atoms with van der Waals surface area (Å²) >= 11 is 1.48. The highest BCUT2D eigenvalue weighted by atomic mass is 32.2. The molecule has 0 aliphatic carbocycles. The van der Waals surface area contributed by atoms with Gasteiger partial charge in [0.2, 0.25) is 0 Å². The van der Waals surface area contributed by atoms with E-state index in [1.807, 2.05) is 6.26 Å². The summed E-state index contributed by atoms with van der Waals surface area (Å²) in [6, 6.07) is 0. The first-order chi connectivity index (χ1) is 4.16. The lowest BCUT2D eigenvalue weighted by molar-refractivity contribution is 0.671. The van der Waals surface area contributed by atoms with Gasteiger partial charge in [-0.05, 0) is 23.3 Å². The molecule has 0 heterocycles. The van der Waals surface area contributed by atoms with Gasteiger partial charge >= 0.3 is 0 Å². The van der Waals surface area contributed by atoms with Crippen molar-refractivity contribution in [2.45, 2.75) is 0 Å². The highest BCUT2D eigenvalue weighted by Crippen LogP contribution is 2.10. The van der Waals surface area contributed by atoms with Crippen molar-refractivity contribution in [3.63, 3.8) is 0 Å². The second-order valence-corrected chi connectivity index (χ2v) is 2.38. The number of halogens is 1. The number of thioether (sulfide) groups is 1. The van der Waals surface area contributed by atoms with Gasteiger partial charge in [0.05, 0.1) is 0 Å². The van der Waals surface area contributed by atoms with Crippen molar-refractivity contribution < 1.29 is 4.39 Å². The minimum absolute atomic E-state index is 0.440. The molecule has 2 heteroatoms. The van der Waals surface area contributed by atoms with Crippen LogP contribution >= 0.6 is 11.8 Å². The van der Waals surface area contributed by atoms with Crippen molar-refractivity contribution in [3.05, 3.63) is 36.0 Å². The van der Waals surface area contributed by atoms with E-state index in [9.17, 15) is 4.39 Å². The van der Waals surface area contributed by atoms with Crippen LogP contribution < -0.4 is 0 Å². The second kappa shape index (κ2) is 4.39. The molecule has 0 atom stereocenters. The Kier molecular flexibility index (Phi) is 4.14. The van der Waals surface area contributed by atoms with Gasteiger partial charge in [0.1, 0.15) is 5.83 Å². The van der Waals surface area contributed by atoms with Crippen LogP contribution in [0.4, 0.5) is 4.39 Å². The van der Waals surface area contributed by atoms with Gasteiger partial charge in [-0.3, -0.25) is 0 Å². The lowest BCUT2D eigenvalue weighted by Crippen LogP contribution is -1.63. The quantitative estimate of drug-likeness (QED) is 0.549. The summed E-state index contributed by atoms with van der Waals surface area (Å²) in [5.74, 6) is -0.440. The van der Waals surface area contributed by atoms with Crippen LogP contribution in [0.3, 0.4) is 0 Å². The minimum Gasteiger partial charge on any atom is -0.208 e. The maximum absolute atomic E-state index is 11.9.